The molecule has 0 aromatic heterocycles. The Morgan fingerprint density at radius 1 is 1.11 bits per heavy atom. The summed E-state index contributed by atoms with van der Waals surface area (Å²) in [6.45, 7) is 0.398. The summed E-state index contributed by atoms with van der Waals surface area (Å²) in [6.07, 6.45) is 0.0457. The average Bonchev–Trinajstić information content (AvgIpc) is 2.40. The van der Waals surface area contributed by atoms with E-state index in [1.807, 2.05) is 12.1 Å². The van der Waals surface area contributed by atoms with E-state index in [0.29, 0.717) is 18.7 Å². The van der Waals surface area contributed by atoms with Crippen LogP contribution >= 0.6 is 0 Å². The zero-order valence-corrected chi connectivity index (χ0v) is 10.3. The Morgan fingerprint density at radius 2 is 1.89 bits per heavy atom. The van der Waals surface area contributed by atoms with E-state index in [9.17, 15) is 9.18 Å². The molecule has 3 nitrogen and oxygen atoms in total. The molecule has 4 heteroatoms. The number of hydrogen-bond acceptors (Lipinski definition) is 2. The van der Waals surface area contributed by atoms with E-state index < -0.39 is 6.09 Å². The van der Waals surface area contributed by atoms with Crippen molar-refractivity contribution < 1.29 is 13.9 Å². The number of ether oxygens (including phenoxy) is 1. The summed E-state index contributed by atoms with van der Waals surface area (Å²) in [5.41, 5.74) is 0.833. The molecule has 2 rings (SSSR count). The van der Waals surface area contributed by atoms with Gasteiger partial charge in [0.1, 0.15) is 11.6 Å². The van der Waals surface area contributed by atoms with E-state index in [0.717, 1.165) is 5.56 Å². The first-order chi connectivity index (χ1) is 9.24. The van der Waals surface area contributed by atoms with E-state index in [-0.39, 0.29) is 5.82 Å². The van der Waals surface area contributed by atoms with Crippen LogP contribution in [0.4, 0.5) is 9.18 Å². The maximum absolute atomic E-state index is 12.9. The van der Waals surface area contributed by atoms with Crippen molar-refractivity contribution in [2.45, 2.75) is 6.42 Å². The third-order valence-electron chi connectivity index (χ3n) is 2.53. The number of benzene rings is 2. The fourth-order valence-electron chi connectivity index (χ4n) is 1.63. The molecule has 19 heavy (non-hydrogen) atoms. The highest BCUT2D eigenvalue weighted by atomic mass is 19.1. The Balaban J connectivity index is 1.75. The fraction of sp³-hybridized carbons (Fsp3) is 0.133. The summed E-state index contributed by atoms with van der Waals surface area (Å²) in [5, 5.41) is 2.62. The Kier molecular flexibility index (Phi) is 4.50. The van der Waals surface area contributed by atoms with Crippen LogP contribution in [0.15, 0.2) is 54.6 Å². The second kappa shape index (κ2) is 6.54. The molecule has 2 aromatic rings. The lowest BCUT2D eigenvalue weighted by atomic mass is 10.1. The van der Waals surface area contributed by atoms with Crippen LogP contribution in [-0.2, 0) is 6.42 Å². The fourth-order valence-corrected chi connectivity index (χ4v) is 1.63. The first-order valence-electron chi connectivity index (χ1n) is 5.99. The Hall–Kier alpha value is -2.36. The van der Waals surface area contributed by atoms with Crippen molar-refractivity contribution in [1.29, 1.82) is 0 Å². The largest absolute Gasteiger partial charge is 0.412 e. The van der Waals surface area contributed by atoms with Gasteiger partial charge in [0.2, 0.25) is 0 Å². The van der Waals surface area contributed by atoms with Gasteiger partial charge in [0.05, 0.1) is 0 Å². The Morgan fingerprint density at radius 3 is 2.63 bits per heavy atom. The van der Waals surface area contributed by atoms with Gasteiger partial charge in [-0.25, -0.2) is 9.18 Å². The molecule has 0 radical (unpaired) electrons. The van der Waals surface area contributed by atoms with Gasteiger partial charge in [-0.3, -0.25) is 0 Å². The summed E-state index contributed by atoms with van der Waals surface area (Å²) in [6, 6.07) is 15.1. The van der Waals surface area contributed by atoms with Gasteiger partial charge in [-0.05, 0) is 36.2 Å². The molecule has 1 amide bonds. The minimum absolute atomic E-state index is 0.274. The minimum atomic E-state index is -0.511. The highest BCUT2D eigenvalue weighted by Crippen LogP contribution is 2.08. The van der Waals surface area contributed by atoms with E-state index in [4.69, 9.17) is 4.74 Å². The molecule has 0 bridgehead atoms. The predicted molar refractivity (Wildman–Crippen MR) is 70.6 cm³/mol. The van der Waals surface area contributed by atoms with Crippen molar-refractivity contribution in [2.75, 3.05) is 6.54 Å². The summed E-state index contributed by atoms with van der Waals surface area (Å²) in [5.74, 6) is 0.218. The lowest BCUT2D eigenvalue weighted by molar-refractivity contribution is 0.200. The van der Waals surface area contributed by atoms with Crippen LogP contribution in [0.2, 0.25) is 0 Å². The van der Waals surface area contributed by atoms with Gasteiger partial charge >= 0.3 is 6.09 Å². The summed E-state index contributed by atoms with van der Waals surface area (Å²) < 4.78 is 18.0. The molecule has 0 aliphatic heterocycles. The normalized spacial score (nSPS) is 9.95. The molecule has 0 fully saturated rings. The SMILES string of the molecule is O=C(NCCc1cccc(F)c1)Oc1ccccc1. The van der Waals surface area contributed by atoms with Crippen LogP contribution < -0.4 is 10.1 Å². The van der Waals surface area contributed by atoms with E-state index in [1.165, 1.54) is 12.1 Å². The van der Waals surface area contributed by atoms with Gasteiger partial charge in [0.25, 0.3) is 0 Å². The van der Waals surface area contributed by atoms with E-state index >= 15 is 0 Å². The summed E-state index contributed by atoms with van der Waals surface area (Å²) in [7, 11) is 0. The molecule has 0 saturated heterocycles. The molecule has 0 atom stereocenters. The maximum atomic E-state index is 12.9. The van der Waals surface area contributed by atoms with Crippen molar-refractivity contribution in [3.63, 3.8) is 0 Å². The van der Waals surface area contributed by atoms with Crippen molar-refractivity contribution in [1.82, 2.24) is 5.32 Å². The second-order valence-electron chi connectivity index (χ2n) is 4.01. The predicted octanol–water partition coefficient (Wildman–Crippen LogP) is 3.16. The van der Waals surface area contributed by atoms with E-state index in [1.54, 1.807) is 30.3 Å². The third kappa shape index (κ3) is 4.43. The number of para-hydroxylation sites is 1. The number of hydrogen-bond donors (Lipinski definition) is 1. The molecule has 0 aliphatic rings. The van der Waals surface area contributed by atoms with Crippen molar-refractivity contribution in [2.24, 2.45) is 0 Å². The van der Waals surface area contributed by atoms with Gasteiger partial charge in [-0.1, -0.05) is 30.3 Å². The van der Waals surface area contributed by atoms with Gasteiger partial charge in [-0.15, -0.1) is 0 Å². The monoisotopic (exact) mass is 259 g/mol. The standard InChI is InChI=1S/C15H14FNO2/c16-13-6-4-5-12(11-13)9-10-17-15(18)19-14-7-2-1-3-8-14/h1-8,11H,9-10H2,(H,17,18). The van der Waals surface area contributed by atoms with Gasteiger partial charge in [0.15, 0.2) is 0 Å². The second-order valence-corrected chi connectivity index (χ2v) is 4.01. The topological polar surface area (TPSA) is 38.3 Å². The van der Waals surface area contributed by atoms with Crippen LogP contribution in [-0.4, -0.2) is 12.6 Å². The van der Waals surface area contributed by atoms with Crippen molar-refractivity contribution in [3.05, 3.63) is 66.0 Å². The van der Waals surface area contributed by atoms with Gasteiger partial charge < -0.3 is 10.1 Å². The van der Waals surface area contributed by atoms with Crippen LogP contribution in [0.1, 0.15) is 5.56 Å². The van der Waals surface area contributed by atoms with Gasteiger partial charge in [0, 0.05) is 6.54 Å². The quantitative estimate of drug-likeness (QED) is 0.916. The summed E-state index contributed by atoms with van der Waals surface area (Å²) >= 11 is 0. The molecule has 0 heterocycles. The molecule has 2 aromatic carbocycles. The Labute approximate surface area is 111 Å². The molecule has 0 aliphatic carbocycles. The molecule has 98 valence electrons. The molecular weight excluding hydrogens is 245 g/mol. The smallest absolute Gasteiger partial charge is 0.410 e. The average molecular weight is 259 g/mol. The lowest BCUT2D eigenvalue weighted by Crippen LogP contribution is -2.28. The Bertz CT molecular complexity index is 543. The maximum Gasteiger partial charge on any atom is 0.412 e. The number of amides is 1. The number of nitrogens with one attached hydrogen (secondary N) is 1. The zero-order chi connectivity index (χ0) is 13.5. The minimum Gasteiger partial charge on any atom is -0.410 e. The third-order valence-corrected chi connectivity index (χ3v) is 2.53. The molecule has 0 spiro atoms. The number of rotatable bonds is 4. The van der Waals surface area contributed by atoms with Crippen LogP contribution in [0.25, 0.3) is 0 Å². The molecular formula is C15H14FNO2. The van der Waals surface area contributed by atoms with Crippen LogP contribution in [0, 0.1) is 5.82 Å². The number of carbonyl (C=O) groups excluding carboxylic acids is 1. The van der Waals surface area contributed by atoms with Gasteiger partial charge in [-0.2, -0.15) is 0 Å². The molecule has 0 saturated carbocycles. The molecule has 0 unspecified atom stereocenters. The van der Waals surface area contributed by atoms with Crippen molar-refractivity contribution >= 4 is 6.09 Å². The number of halogens is 1. The van der Waals surface area contributed by atoms with E-state index in [2.05, 4.69) is 5.32 Å². The lowest BCUT2D eigenvalue weighted by Gasteiger charge is -2.06. The molecule has 1 N–H and O–H groups in total. The number of carbonyl (C=O) groups is 1. The van der Waals surface area contributed by atoms with Crippen molar-refractivity contribution in [3.8, 4) is 5.75 Å². The summed E-state index contributed by atoms with van der Waals surface area (Å²) in [4.78, 5) is 11.5. The first-order valence-corrected chi connectivity index (χ1v) is 5.99. The first kappa shape index (κ1) is 13.1. The highest BCUT2D eigenvalue weighted by Gasteiger charge is 2.03. The van der Waals surface area contributed by atoms with Crippen LogP contribution in [0.5, 0.6) is 5.75 Å². The zero-order valence-electron chi connectivity index (χ0n) is 10.3. The highest BCUT2D eigenvalue weighted by molar-refractivity contribution is 5.70. The van der Waals surface area contributed by atoms with Crippen LogP contribution in [0.3, 0.4) is 0 Å².